The SMILES string of the molecule is CC(C)(C)c1cc(C=C(C#N)C#N)cc(Br)c1O.CN[C@H]1C(O)O[C@H](CO)[C@@H](O)[C@@H]1O. The van der Waals surface area contributed by atoms with E-state index in [4.69, 9.17) is 20.4 Å². The standard InChI is InChI=1S/C14H13BrN2O.C7H15NO5/c1-14(2,3)11-5-9(4-10(7-16)8-17)6-12(15)13(11)18;1-8-4-6(11)5(10)3(2-9)13-7(4)12/h4-6,18H,1-3H3;3-12H,2H2,1H3/t;3-,4-,5-,6-,7?/m.1/s1. The number of hydrogen-bond donors (Lipinski definition) is 6. The van der Waals surface area contributed by atoms with E-state index in [0.29, 0.717) is 10.0 Å². The van der Waals surface area contributed by atoms with Crippen molar-refractivity contribution in [1.29, 1.82) is 10.5 Å². The van der Waals surface area contributed by atoms with Gasteiger partial charge in [-0.15, -0.1) is 0 Å². The largest absolute Gasteiger partial charge is 0.506 e. The summed E-state index contributed by atoms with van der Waals surface area (Å²) >= 11 is 3.28. The third-order valence-electron chi connectivity index (χ3n) is 4.68. The van der Waals surface area contributed by atoms with E-state index in [-0.39, 0.29) is 16.7 Å². The van der Waals surface area contributed by atoms with Crippen LogP contribution < -0.4 is 5.32 Å². The number of rotatable bonds is 3. The molecule has 1 aliphatic rings. The number of phenolic OH excluding ortho intramolecular Hbond substituents is 1. The molecule has 0 radical (unpaired) electrons. The molecule has 1 heterocycles. The van der Waals surface area contributed by atoms with Crippen LogP contribution in [-0.2, 0) is 10.2 Å². The Morgan fingerprint density at radius 2 is 1.77 bits per heavy atom. The molecule has 1 aromatic rings. The van der Waals surface area contributed by atoms with Crippen molar-refractivity contribution in [2.24, 2.45) is 0 Å². The van der Waals surface area contributed by atoms with Crippen molar-refractivity contribution in [2.45, 2.75) is 56.8 Å². The van der Waals surface area contributed by atoms with Crippen molar-refractivity contribution in [2.75, 3.05) is 13.7 Å². The van der Waals surface area contributed by atoms with Crippen molar-refractivity contribution in [3.63, 3.8) is 0 Å². The summed E-state index contributed by atoms with van der Waals surface area (Å²) in [5, 5.41) is 66.9. The van der Waals surface area contributed by atoms with Crippen LogP contribution in [0.2, 0.25) is 0 Å². The van der Waals surface area contributed by atoms with Crippen molar-refractivity contribution < 1.29 is 30.3 Å². The first-order valence-electron chi connectivity index (χ1n) is 9.43. The van der Waals surface area contributed by atoms with Gasteiger partial charge in [0.15, 0.2) is 6.29 Å². The lowest BCUT2D eigenvalue weighted by atomic mass is 9.85. The monoisotopic (exact) mass is 497 g/mol. The summed E-state index contributed by atoms with van der Waals surface area (Å²) in [7, 11) is 1.53. The maximum atomic E-state index is 10.0. The Morgan fingerprint density at radius 1 is 1.19 bits per heavy atom. The highest BCUT2D eigenvalue weighted by Gasteiger charge is 2.42. The second-order valence-electron chi connectivity index (χ2n) is 7.97. The third-order valence-corrected chi connectivity index (χ3v) is 5.28. The average molecular weight is 498 g/mol. The highest BCUT2D eigenvalue weighted by molar-refractivity contribution is 9.10. The Labute approximate surface area is 190 Å². The maximum Gasteiger partial charge on any atom is 0.173 e. The molecule has 1 saturated heterocycles. The maximum absolute atomic E-state index is 10.0. The van der Waals surface area contributed by atoms with Gasteiger partial charge in [-0.25, -0.2) is 0 Å². The fraction of sp³-hybridized carbons (Fsp3) is 0.524. The second-order valence-corrected chi connectivity index (χ2v) is 8.83. The van der Waals surface area contributed by atoms with Gasteiger partial charge in [0.2, 0.25) is 0 Å². The van der Waals surface area contributed by atoms with Crippen LogP contribution in [0.5, 0.6) is 5.75 Å². The topological polar surface area (TPSA) is 170 Å². The number of likely N-dealkylation sites (N-methyl/N-ethyl adjacent to an activating group) is 1. The molecule has 0 aromatic heterocycles. The third kappa shape index (κ3) is 6.99. The van der Waals surface area contributed by atoms with Gasteiger partial charge in [0.1, 0.15) is 41.8 Å². The first kappa shape index (κ1) is 27.0. The van der Waals surface area contributed by atoms with Crippen LogP contribution >= 0.6 is 15.9 Å². The van der Waals surface area contributed by atoms with Gasteiger partial charge in [-0.05, 0) is 52.2 Å². The Hall–Kier alpha value is -2.02. The average Bonchev–Trinajstić information content (AvgIpc) is 2.71. The molecule has 1 unspecified atom stereocenters. The molecule has 9 nitrogen and oxygen atoms in total. The Morgan fingerprint density at radius 3 is 2.23 bits per heavy atom. The number of ether oxygens (including phenoxy) is 1. The van der Waals surface area contributed by atoms with E-state index in [0.717, 1.165) is 5.56 Å². The minimum absolute atomic E-state index is 0.0347. The van der Waals surface area contributed by atoms with E-state index in [9.17, 15) is 20.4 Å². The lowest BCUT2D eigenvalue weighted by Crippen LogP contribution is -2.62. The Balaban J connectivity index is 0.000000327. The van der Waals surface area contributed by atoms with Crippen LogP contribution in [0.25, 0.3) is 6.08 Å². The van der Waals surface area contributed by atoms with Gasteiger partial charge in [-0.2, -0.15) is 10.5 Å². The summed E-state index contributed by atoms with van der Waals surface area (Å²) < 4.78 is 5.41. The van der Waals surface area contributed by atoms with Gasteiger partial charge < -0.3 is 35.6 Å². The number of aliphatic hydroxyl groups excluding tert-OH is 4. The Bertz CT molecular complexity index is 856. The number of allylic oxidation sites excluding steroid dienone is 1. The molecule has 1 aromatic carbocycles. The molecule has 1 aliphatic heterocycles. The van der Waals surface area contributed by atoms with Crippen LogP contribution in [-0.4, -0.2) is 69.8 Å². The number of nitrogens with zero attached hydrogens (tertiary/aromatic N) is 2. The number of nitrogens with one attached hydrogen (secondary N) is 1. The number of aliphatic hydroxyl groups is 4. The highest BCUT2D eigenvalue weighted by atomic mass is 79.9. The summed E-state index contributed by atoms with van der Waals surface area (Å²) in [5.41, 5.74) is 1.28. The lowest BCUT2D eigenvalue weighted by molar-refractivity contribution is -0.253. The van der Waals surface area contributed by atoms with Crippen LogP contribution in [0.15, 0.2) is 22.2 Å². The van der Waals surface area contributed by atoms with Crippen LogP contribution in [0.3, 0.4) is 0 Å². The second kappa shape index (κ2) is 11.6. The fourth-order valence-corrected chi connectivity index (χ4v) is 3.42. The van der Waals surface area contributed by atoms with Gasteiger partial charge in [0, 0.05) is 5.56 Å². The fourth-order valence-electron chi connectivity index (χ4n) is 2.94. The number of aromatic hydroxyl groups is 1. The summed E-state index contributed by atoms with van der Waals surface area (Å²) in [4.78, 5) is 0. The molecule has 0 aliphatic carbocycles. The highest BCUT2D eigenvalue weighted by Crippen LogP contribution is 2.37. The molecule has 1 fully saturated rings. The number of nitriles is 2. The zero-order valence-corrected chi connectivity index (χ0v) is 19.3. The first-order valence-corrected chi connectivity index (χ1v) is 10.2. The predicted molar refractivity (Wildman–Crippen MR) is 117 cm³/mol. The molecule has 2 rings (SSSR count). The van der Waals surface area contributed by atoms with E-state index in [1.807, 2.05) is 32.9 Å². The summed E-state index contributed by atoms with van der Waals surface area (Å²) in [6.45, 7) is 5.51. The first-order chi connectivity index (χ1) is 14.4. The summed E-state index contributed by atoms with van der Waals surface area (Å²) in [6.07, 6.45) is -2.99. The minimum Gasteiger partial charge on any atom is -0.506 e. The number of benzene rings is 1. The summed E-state index contributed by atoms with van der Waals surface area (Å²) in [5.74, 6) is 0.190. The van der Waals surface area contributed by atoms with Crippen molar-refractivity contribution in [3.8, 4) is 17.9 Å². The van der Waals surface area contributed by atoms with Crippen molar-refractivity contribution in [3.05, 3.63) is 33.3 Å². The smallest absolute Gasteiger partial charge is 0.173 e. The van der Waals surface area contributed by atoms with Crippen LogP contribution in [0.4, 0.5) is 0 Å². The molecular formula is C21H28BrN3O6. The number of phenols is 1. The quantitative estimate of drug-likeness (QED) is 0.331. The van der Waals surface area contributed by atoms with Gasteiger partial charge in [0.05, 0.1) is 17.1 Å². The molecule has 31 heavy (non-hydrogen) atoms. The molecule has 0 saturated carbocycles. The van der Waals surface area contributed by atoms with Crippen LogP contribution in [0, 0.1) is 22.7 Å². The molecule has 0 bridgehead atoms. The van der Waals surface area contributed by atoms with E-state index < -0.39 is 37.3 Å². The zero-order valence-electron chi connectivity index (χ0n) is 17.7. The van der Waals surface area contributed by atoms with Gasteiger partial charge in [-0.3, -0.25) is 0 Å². The van der Waals surface area contributed by atoms with Crippen molar-refractivity contribution >= 4 is 22.0 Å². The van der Waals surface area contributed by atoms with Crippen molar-refractivity contribution in [1.82, 2.24) is 5.32 Å². The molecule has 170 valence electrons. The van der Waals surface area contributed by atoms with E-state index in [2.05, 4.69) is 21.2 Å². The lowest BCUT2D eigenvalue weighted by Gasteiger charge is -2.39. The zero-order chi connectivity index (χ0) is 23.9. The molecule has 6 N–H and O–H groups in total. The van der Waals surface area contributed by atoms with E-state index >= 15 is 0 Å². The molecule has 5 atom stereocenters. The molecule has 0 amide bonds. The predicted octanol–water partition coefficient (Wildman–Crippen LogP) is 0.888. The normalized spacial score (nSPS) is 25.5. The molecular weight excluding hydrogens is 470 g/mol. The summed E-state index contributed by atoms with van der Waals surface area (Å²) in [6, 6.07) is 6.36. The molecule has 10 heteroatoms. The van der Waals surface area contributed by atoms with Gasteiger partial charge in [0.25, 0.3) is 0 Å². The van der Waals surface area contributed by atoms with Gasteiger partial charge in [-0.1, -0.05) is 20.8 Å². The number of halogens is 1. The Kier molecular flexibility index (Phi) is 10.1. The molecule has 0 spiro atoms. The minimum atomic E-state index is -1.22. The van der Waals surface area contributed by atoms with Gasteiger partial charge >= 0.3 is 0 Å². The van der Waals surface area contributed by atoms with Crippen LogP contribution in [0.1, 0.15) is 31.9 Å². The van der Waals surface area contributed by atoms with E-state index in [1.165, 1.54) is 13.1 Å². The van der Waals surface area contributed by atoms with E-state index in [1.54, 1.807) is 12.1 Å². The number of hydrogen-bond acceptors (Lipinski definition) is 9.